The van der Waals surface area contributed by atoms with Crippen molar-refractivity contribution in [3.63, 3.8) is 0 Å². The summed E-state index contributed by atoms with van der Waals surface area (Å²) in [4.78, 5) is 25.1. The van der Waals surface area contributed by atoms with Crippen LogP contribution in [0, 0.1) is 0 Å². The third-order valence-electron chi connectivity index (χ3n) is 3.06. The van der Waals surface area contributed by atoms with Gasteiger partial charge in [0.1, 0.15) is 0 Å². The summed E-state index contributed by atoms with van der Waals surface area (Å²) >= 11 is 0. The van der Waals surface area contributed by atoms with Crippen molar-refractivity contribution < 1.29 is 9.59 Å². The maximum atomic E-state index is 11.7. The summed E-state index contributed by atoms with van der Waals surface area (Å²) in [5.74, 6) is -0.311. The zero-order valence-electron chi connectivity index (χ0n) is 10.3. The Morgan fingerprint density at radius 3 is 2.50 bits per heavy atom. The van der Waals surface area contributed by atoms with Crippen LogP contribution in [-0.4, -0.2) is 36.3 Å². The Labute approximate surface area is 106 Å². The minimum atomic E-state index is -0.257. The molecule has 1 aromatic carbocycles. The lowest BCUT2D eigenvalue weighted by atomic mass is 10.2. The van der Waals surface area contributed by atoms with Gasteiger partial charge in [-0.1, -0.05) is 0 Å². The third-order valence-corrected chi connectivity index (χ3v) is 3.06. The van der Waals surface area contributed by atoms with Gasteiger partial charge < -0.3 is 16.0 Å². The van der Waals surface area contributed by atoms with Crippen LogP contribution >= 0.6 is 0 Å². The van der Waals surface area contributed by atoms with Crippen molar-refractivity contribution >= 4 is 17.5 Å². The van der Waals surface area contributed by atoms with E-state index in [1.807, 2.05) is 0 Å². The Kier molecular flexibility index (Phi) is 3.50. The van der Waals surface area contributed by atoms with E-state index in [0.717, 1.165) is 12.8 Å². The number of hydrogen-bond donors (Lipinski definition) is 2. The van der Waals surface area contributed by atoms with E-state index in [4.69, 9.17) is 5.73 Å². The standard InChI is InChI=1S/C13H17N3O2/c1-16(11-6-7-11)12(17)8-15-13(18)9-2-4-10(14)5-3-9/h2-5,11H,6-8,14H2,1H3,(H,15,18). The third kappa shape index (κ3) is 3.00. The molecule has 0 spiro atoms. The van der Waals surface area contributed by atoms with E-state index in [0.29, 0.717) is 17.3 Å². The molecule has 5 heteroatoms. The number of hydrogen-bond acceptors (Lipinski definition) is 3. The molecule has 0 heterocycles. The van der Waals surface area contributed by atoms with Crippen molar-refractivity contribution in [2.45, 2.75) is 18.9 Å². The number of nitrogen functional groups attached to an aromatic ring is 1. The Hall–Kier alpha value is -2.04. The van der Waals surface area contributed by atoms with Crippen molar-refractivity contribution in [2.75, 3.05) is 19.3 Å². The van der Waals surface area contributed by atoms with Gasteiger partial charge in [0, 0.05) is 24.3 Å². The fourth-order valence-electron chi connectivity index (χ4n) is 1.68. The molecule has 2 rings (SSSR count). The molecule has 96 valence electrons. The van der Waals surface area contributed by atoms with Crippen LogP contribution in [0.25, 0.3) is 0 Å². The lowest BCUT2D eigenvalue weighted by molar-refractivity contribution is -0.129. The number of nitrogens with one attached hydrogen (secondary N) is 1. The molecule has 0 radical (unpaired) electrons. The average Bonchev–Trinajstić information content (AvgIpc) is 3.19. The van der Waals surface area contributed by atoms with Gasteiger partial charge in [-0.05, 0) is 37.1 Å². The zero-order valence-corrected chi connectivity index (χ0v) is 10.3. The summed E-state index contributed by atoms with van der Waals surface area (Å²) in [6.07, 6.45) is 2.13. The Morgan fingerprint density at radius 1 is 1.33 bits per heavy atom. The molecular formula is C13H17N3O2. The van der Waals surface area contributed by atoms with Crippen molar-refractivity contribution in [3.05, 3.63) is 29.8 Å². The highest BCUT2D eigenvalue weighted by Gasteiger charge is 2.29. The SMILES string of the molecule is CN(C(=O)CNC(=O)c1ccc(N)cc1)C1CC1. The summed E-state index contributed by atoms with van der Waals surface area (Å²) in [7, 11) is 1.77. The molecule has 1 aliphatic carbocycles. The second-order valence-corrected chi connectivity index (χ2v) is 4.54. The van der Waals surface area contributed by atoms with Gasteiger partial charge >= 0.3 is 0 Å². The number of likely N-dealkylation sites (N-methyl/N-ethyl adjacent to an activating group) is 1. The maximum Gasteiger partial charge on any atom is 0.251 e. The first kappa shape index (κ1) is 12.4. The quantitative estimate of drug-likeness (QED) is 0.766. The molecule has 0 bridgehead atoms. The summed E-state index contributed by atoms with van der Waals surface area (Å²) in [5, 5.41) is 2.61. The summed E-state index contributed by atoms with van der Waals surface area (Å²) < 4.78 is 0. The van der Waals surface area contributed by atoms with E-state index in [1.165, 1.54) is 0 Å². The minimum Gasteiger partial charge on any atom is -0.399 e. The van der Waals surface area contributed by atoms with Crippen molar-refractivity contribution in [3.8, 4) is 0 Å². The fraction of sp³-hybridized carbons (Fsp3) is 0.385. The fourth-order valence-corrected chi connectivity index (χ4v) is 1.68. The van der Waals surface area contributed by atoms with Crippen LogP contribution in [-0.2, 0) is 4.79 Å². The average molecular weight is 247 g/mol. The molecule has 0 atom stereocenters. The molecule has 1 aliphatic rings. The highest BCUT2D eigenvalue weighted by atomic mass is 16.2. The summed E-state index contributed by atoms with van der Waals surface area (Å²) in [6.45, 7) is 0.0379. The Morgan fingerprint density at radius 2 is 1.94 bits per heavy atom. The molecule has 2 amide bonds. The minimum absolute atomic E-state index is 0.0379. The van der Waals surface area contributed by atoms with E-state index in [2.05, 4.69) is 5.32 Å². The molecule has 0 aromatic heterocycles. The second kappa shape index (κ2) is 5.08. The predicted molar refractivity (Wildman–Crippen MR) is 69.0 cm³/mol. The van der Waals surface area contributed by atoms with Crippen molar-refractivity contribution in [2.24, 2.45) is 0 Å². The highest BCUT2D eigenvalue weighted by molar-refractivity contribution is 5.96. The van der Waals surface area contributed by atoms with Gasteiger partial charge in [-0.2, -0.15) is 0 Å². The molecule has 1 aromatic rings. The van der Waals surface area contributed by atoms with Crippen LogP contribution in [0.5, 0.6) is 0 Å². The van der Waals surface area contributed by atoms with Gasteiger partial charge in [-0.15, -0.1) is 0 Å². The number of nitrogens with two attached hydrogens (primary N) is 1. The first-order valence-corrected chi connectivity index (χ1v) is 5.97. The van der Waals surface area contributed by atoms with Gasteiger partial charge in [-0.25, -0.2) is 0 Å². The predicted octanol–water partition coefficient (Wildman–Crippen LogP) is 0.619. The molecule has 1 fully saturated rings. The topological polar surface area (TPSA) is 75.4 Å². The molecule has 0 saturated heterocycles. The number of carbonyl (C=O) groups is 2. The van der Waals surface area contributed by atoms with Gasteiger partial charge in [0.15, 0.2) is 0 Å². The maximum absolute atomic E-state index is 11.7. The Bertz CT molecular complexity index is 452. The van der Waals surface area contributed by atoms with Gasteiger partial charge in [0.05, 0.1) is 6.54 Å². The van der Waals surface area contributed by atoms with E-state index in [9.17, 15) is 9.59 Å². The van der Waals surface area contributed by atoms with Crippen LogP contribution in [0.2, 0.25) is 0 Å². The molecule has 1 saturated carbocycles. The Balaban J connectivity index is 1.84. The molecule has 0 unspecified atom stereocenters. The smallest absolute Gasteiger partial charge is 0.251 e. The summed E-state index contributed by atoms with van der Waals surface area (Å²) in [6, 6.07) is 6.96. The van der Waals surface area contributed by atoms with Crippen molar-refractivity contribution in [1.29, 1.82) is 0 Å². The zero-order chi connectivity index (χ0) is 13.1. The number of carbonyl (C=O) groups excluding carboxylic acids is 2. The number of amides is 2. The number of nitrogens with zero attached hydrogens (tertiary/aromatic N) is 1. The normalized spacial score (nSPS) is 14.1. The molecule has 18 heavy (non-hydrogen) atoms. The highest BCUT2D eigenvalue weighted by Crippen LogP contribution is 2.25. The molecular weight excluding hydrogens is 230 g/mol. The first-order valence-electron chi connectivity index (χ1n) is 5.97. The molecule has 5 nitrogen and oxygen atoms in total. The second-order valence-electron chi connectivity index (χ2n) is 4.54. The number of rotatable bonds is 4. The van der Waals surface area contributed by atoms with E-state index < -0.39 is 0 Å². The van der Waals surface area contributed by atoms with Gasteiger partial charge in [0.25, 0.3) is 5.91 Å². The van der Waals surface area contributed by atoms with Crippen LogP contribution < -0.4 is 11.1 Å². The van der Waals surface area contributed by atoms with E-state index in [-0.39, 0.29) is 18.4 Å². The van der Waals surface area contributed by atoms with E-state index in [1.54, 1.807) is 36.2 Å². The summed E-state index contributed by atoms with van der Waals surface area (Å²) in [5.41, 5.74) is 6.65. The van der Waals surface area contributed by atoms with E-state index >= 15 is 0 Å². The van der Waals surface area contributed by atoms with Crippen LogP contribution in [0.1, 0.15) is 23.2 Å². The van der Waals surface area contributed by atoms with Crippen LogP contribution in [0.4, 0.5) is 5.69 Å². The van der Waals surface area contributed by atoms with Crippen LogP contribution in [0.3, 0.4) is 0 Å². The van der Waals surface area contributed by atoms with Crippen molar-refractivity contribution in [1.82, 2.24) is 10.2 Å². The lowest BCUT2D eigenvalue weighted by Gasteiger charge is -2.16. The van der Waals surface area contributed by atoms with Gasteiger partial charge in [-0.3, -0.25) is 9.59 Å². The number of benzene rings is 1. The van der Waals surface area contributed by atoms with Crippen LogP contribution in [0.15, 0.2) is 24.3 Å². The molecule has 0 aliphatic heterocycles. The first-order chi connectivity index (χ1) is 8.58. The largest absolute Gasteiger partial charge is 0.399 e. The monoisotopic (exact) mass is 247 g/mol. The number of anilines is 1. The van der Waals surface area contributed by atoms with Gasteiger partial charge in [0.2, 0.25) is 5.91 Å². The lowest BCUT2D eigenvalue weighted by Crippen LogP contribution is -2.39. The molecule has 3 N–H and O–H groups in total.